The summed E-state index contributed by atoms with van der Waals surface area (Å²) in [7, 11) is 2.08. The number of piperidine rings is 1. The summed E-state index contributed by atoms with van der Waals surface area (Å²) < 4.78 is 5.81. The smallest absolute Gasteiger partial charge is 0.0546 e. The van der Waals surface area contributed by atoms with E-state index in [4.69, 9.17) is 4.74 Å². The molecule has 2 heterocycles. The predicted octanol–water partition coefficient (Wildman–Crippen LogP) is 2.66. The molecule has 0 aromatic carbocycles. The molecule has 3 fully saturated rings. The minimum atomic E-state index is 0.368. The molecule has 1 N–H and O–H groups in total. The Labute approximate surface area is 124 Å². The second kappa shape index (κ2) is 6.33. The number of rotatable bonds is 4. The Hall–Kier alpha value is -0.120. The van der Waals surface area contributed by atoms with Crippen LogP contribution in [0, 0.1) is 10.8 Å². The van der Waals surface area contributed by atoms with E-state index in [1.165, 1.54) is 71.0 Å². The topological polar surface area (TPSA) is 24.5 Å². The molecule has 0 aromatic rings. The highest BCUT2D eigenvalue weighted by Gasteiger charge is 2.40. The molecule has 0 aromatic heterocycles. The second-order valence-electron chi connectivity index (χ2n) is 7.67. The lowest BCUT2D eigenvalue weighted by Gasteiger charge is -2.45. The summed E-state index contributed by atoms with van der Waals surface area (Å²) in [5.74, 6) is 0. The van der Waals surface area contributed by atoms with Crippen LogP contribution in [0.4, 0.5) is 0 Å². The van der Waals surface area contributed by atoms with E-state index in [1.807, 2.05) is 0 Å². The molecule has 20 heavy (non-hydrogen) atoms. The molecule has 3 nitrogen and oxygen atoms in total. The van der Waals surface area contributed by atoms with Gasteiger partial charge in [0.05, 0.1) is 6.61 Å². The molecule has 1 unspecified atom stereocenters. The number of hydrogen-bond acceptors (Lipinski definition) is 3. The van der Waals surface area contributed by atoms with Gasteiger partial charge in [-0.25, -0.2) is 0 Å². The minimum Gasteiger partial charge on any atom is -0.381 e. The third kappa shape index (κ3) is 3.20. The maximum absolute atomic E-state index is 5.81. The quantitative estimate of drug-likeness (QED) is 0.857. The summed E-state index contributed by atoms with van der Waals surface area (Å²) in [5, 5.41) is 3.41. The molecule has 0 bridgehead atoms. The molecule has 1 saturated carbocycles. The van der Waals surface area contributed by atoms with Crippen molar-refractivity contribution in [1.29, 1.82) is 0 Å². The molecular weight excluding hydrogens is 248 g/mol. The normalized spacial score (nSPS) is 34.6. The van der Waals surface area contributed by atoms with Crippen molar-refractivity contribution < 1.29 is 4.74 Å². The van der Waals surface area contributed by atoms with Crippen LogP contribution in [0.25, 0.3) is 0 Å². The van der Waals surface area contributed by atoms with E-state index in [9.17, 15) is 0 Å². The highest BCUT2D eigenvalue weighted by molar-refractivity contribution is 4.93. The van der Waals surface area contributed by atoms with Gasteiger partial charge in [-0.15, -0.1) is 0 Å². The van der Waals surface area contributed by atoms with E-state index in [0.29, 0.717) is 5.41 Å². The van der Waals surface area contributed by atoms with Gasteiger partial charge in [-0.05, 0) is 64.1 Å². The van der Waals surface area contributed by atoms with Gasteiger partial charge in [0.2, 0.25) is 0 Å². The van der Waals surface area contributed by atoms with Gasteiger partial charge in [0.1, 0.15) is 0 Å². The number of ether oxygens (including phenoxy) is 1. The molecule has 3 aliphatic rings. The Morgan fingerprint density at radius 2 is 1.75 bits per heavy atom. The second-order valence-corrected chi connectivity index (χ2v) is 7.67. The van der Waals surface area contributed by atoms with Gasteiger partial charge in [0, 0.05) is 25.1 Å². The molecule has 0 radical (unpaired) electrons. The zero-order valence-corrected chi connectivity index (χ0v) is 13.3. The zero-order valence-electron chi connectivity index (χ0n) is 13.3. The van der Waals surface area contributed by atoms with Gasteiger partial charge < -0.3 is 15.0 Å². The van der Waals surface area contributed by atoms with E-state index in [0.717, 1.165) is 25.2 Å². The molecule has 1 aliphatic carbocycles. The number of likely N-dealkylation sites (tertiary alicyclic amines) is 1. The lowest BCUT2D eigenvalue weighted by molar-refractivity contribution is -0.0345. The van der Waals surface area contributed by atoms with Gasteiger partial charge in [-0.2, -0.15) is 0 Å². The van der Waals surface area contributed by atoms with Crippen LogP contribution >= 0.6 is 0 Å². The van der Waals surface area contributed by atoms with Crippen molar-refractivity contribution in [2.45, 2.75) is 51.4 Å². The summed E-state index contributed by atoms with van der Waals surface area (Å²) in [6, 6.07) is 0. The maximum Gasteiger partial charge on any atom is 0.0546 e. The van der Waals surface area contributed by atoms with Crippen molar-refractivity contribution >= 4 is 0 Å². The minimum absolute atomic E-state index is 0.368. The van der Waals surface area contributed by atoms with Crippen LogP contribution in [-0.4, -0.2) is 51.3 Å². The summed E-state index contributed by atoms with van der Waals surface area (Å²) >= 11 is 0. The first-order valence-corrected chi connectivity index (χ1v) is 8.71. The van der Waals surface area contributed by atoms with Crippen LogP contribution in [0.3, 0.4) is 0 Å². The molecule has 0 amide bonds. The fourth-order valence-electron chi connectivity index (χ4n) is 4.89. The molecule has 3 rings (SSSR count). The van der Waals surface area contributed by atoms with Crippen molar-refractivity contribution in [3.8, 4) is 0 Å². The zero-order chi connectivity index (χ0) is 13.9. The van der Waals surface area contributed by atoms with Crippen molar-refractivity contribution in [1.82, 2.24) is 10.2 Å². The van der Waals surface area contributed by atoms with E-state index in [-0.39, 0.29) is 0 Å². The Bertz CT molecular complexity index is 291. The molecule has 2 saturated heterocycles. The van der Waals surface area contributed by atoms with Gasteiger partial charge >= 0.3 is 0 Å². The number of hydrogen-bond donors (Lipinski definition) is 1. The molecule has 1 spiro atoms. The fourth-order valence-corrected chi connectivity index (χ4v) is 4.89. The fraction of sp³-hybridized carbons (Fsp3) is 1.00. The van der Waals surface area contributed by atoms with Crippen LogP contribution in [0.5, 0.6) is 0 Å². The molecule has 3 heteroatoms. The lowest BCUT2D eigenvalue weighted by Crippen LogP contribution is -2.51. The summed E-state index contributed by atoms with van der Waals surface area (Å²) in [5.41, 5.74) is 1.11. The van der Waals surface area contributed by atoms with Crippen molar-refractivity contribution in [2.24, 2.45) is 10.8 Å². The molecule has 1 atom stereocenters. The van der Waals surface area contributed by atoms with Crippen LogP contribution in [0.1, 0.15) is 51.4 Å². The lowest BCUT2D eigenvalue weighted by atomic mass is 9.75. The Kier molecular flexibility index (Phi) is 4.68. The predicted molar refractivity (Wildman–Crippen MR) is 83.0 cm³/mol. The van der Waals surface area contributed by atoms with Crippen molar-refractivity contribution in [3.05, 3.63) is 0 Å². The third-order valence-corrected chi connectivity index (χ3v) is 6.10. The average molecular weight is 280 g/mol. The van der Waals surface area contributed by atoms with Crippen LogP contribution in [-0.2, 0) is 4.74 Å². The van der Waals surface area contributed by atoms with Gasteiger partial charge in [-0.1, -0.05) is 12.8 Å². The standard InChI is InChI=1S/C17H32N2O/c1-18-13-17(7-4-12-20-15-17)14-19-10-8-16(9-11-19)5-2-3-6-16/h18H,2-15H2,1H3. The van der Waals surface area contributed by atoms with E-state index in [1.54, 1.807) is 0 Å². The molecular formula is C17H32N2O. The first-order chi connectivity index (χ1) is 9.76. The van der Waals surface area contributed by atoms with Gasteiger partial charge in [0.15, 0.2) is 0 Å². The number of nitrogens with one attached hydrogen (secondary N) is 1. The van der Waals surface area contributed by atoms with Crippen molar-refractivity contribution in [2.75, 3.05) is 46.4 Å². The first kappa shape index (κ1) is 14.8. The van der Waals surface area contributed by atoms with E-state index < -0.39 is 0 Å². The summed E-state index contributed by atoms with van der Waals surface area (Å²) in [4.78, 5) is 2.73. The van der Waals surface area contributed by atoms with Crippen LogP contribution < -0.4 is 5.32 Å². The van der Waals surface area contributed by atoms with E-state index >= 15 is 0 Å². The van der Waals surface area contributed by atoms with E-state index in [2.05, 4.69) is 17.3 Å². The van der Waals surface area contributed by atoms with Gasteiger partial charge in [-0.3, -0.25) is 0 Å². The highest BCUT2D eigenvalue weighted by atomic mass is 16.5. The summed E-state index contributed by atoms with van der Waals surface area (Å²) in [6.07, 6.45) is 11.4. The van der Waals surface area contributed by atoms with Crippen LogP contribution in [0.2, 0.25) is 0 Å². The highest BCUT2D eigenvalue weighted by Crippen LogP contribution is 2.46. The van der Waals surface area contributed by atoms with Crippen molar-refractivity contribution in [3.63, 3.8) is 0 Å². The first-order valence-electron chi connectivity index (χ1n) is 8.71. The average Bonchev–Trinajstić information content (AvgIpc) is 2.92. The monoisotopic (exact) mass is 280 g/mol. The Balaban J connectivity index is 1.54. The van der Waals surface area contributed by atoms with Crippen LogP contribution in [0.15, 0.2) is 0 Å². The maximum atomic E-state index is 5.81. The molecule has 116 valence electrons. The molecule has 2 aliphatic heterocycles. The largest absolute Gasteiger partial charge is 0.381 e. The Morgan fingerprint density at radius 3 is 2.35 bits per heavy atom. The summed E-state index contributed by atoms with van der Waals surface area (Å²) in [6.45, 7) is 6.92. The SMILES string of the molecule is CNCC1(CN2CCC3(CCCC3)CC2)CCCOC1. The third-order valence-electron chi connectivity index (χ3n) is 6.10. The Morgan fingerprint density at radius 1 is 1.00 bits per heavy atom. The number of nitrogens with zero attached hydrogens (tertiary/aromatic N) is 1. The van der Waals surface area contributed by atoms with Gasteiger partial charge in [0.25, 0.3) is 0 Å².